The van der Waals surface area contributed by atoms with Crippen molar-refractivity contribution in [3.63, 3.8) is 0 Å². The van der Waals surface area contributed by atoms with E-state index in [1.165, 1.54) is 11.3 Å². The van der Waals surface area contributed by atoms with E-state index in [2.05, 4.69) is 26.2 Å². The Balaban J connectivity index is 2.00. The minimum atomic E-state index is -0.00834. The van der Waals surface area contributed by atoms with Crippen molar-refractivity contribution >= 4 is 61.5 Å². The van der Waals surface area contributed by atoms with Gasteiger partial charge in [-0.1, -0.05) is 45.2 Å². The highest BCUT2D eigenvalue weighted by Gasteiger charge is 2.09. The summed E-state index contributed by atoms with van der Waals surface area (Å²) < 4.78 is 0. The fourth-order valence-electron chi connectivity index (χ4n) is 1.68. The molecule has 21 heavy (non-hydrogen) atoms. The topological polar surface area (TPSA) is 42.0 Å². The molecule has 0 atom stereocenters. The molecule has 2 aromatic rings. The second-order valence-corrected chi connectivity index (χ2v) is 6.83. The van der Waals surface area contributed by atoms with Gasteiger partial charge in [0.1, 0.15) is 0 Å². The third-order valence-electron chi connectivity index (χ3n) is 2.75. The highest BCUT2D eigenvalue weighted by molar-refractivity contribution is 9.09. The van der Waals surface area contributed by atoms with Crippen LogP contribution < -0.4 is 5.32 Å². The third-order valence-corrected chi connectivity index (χ3v) is 4.81. The first-order valence-electron chi connectivity index (χ1n) is 6.37. The van der Waals surface area contributed by atoms with Gasteiger partial charge in [-0.2, -0.15) is 0 Å². The molecule has 0 spiro atoms. The molecule has 0 aliphatic rings. The summed E-state index contributed by atoms with van der Waals surface area (Å²) in [6, 6.07) is 5.35. The van der Waals surface area contributed by atoms with Crippen LogP contribution in [0, 0.1) is 0 Å². The van der Waals surface area contributed by atoms with Gasteiger partial charge in [-0.15, -0.1) is 11.3 Å². The molecule has 112 valence electrons. The molecular formula is C14H13BrCl2N2OS. The monoisotopic (exact) mass is 406 g/mol. The summed E-state index contributed by atoms with van der Waals surface area (Å²) in [7, 11) is 0. The standard InChI is InChI=1S/C14H13BrCl2N2OS/c15-6-2-1-3-13(20)19-14-18-12(8-21-14)9-4-5-10(16)11(17)7-9/h4-5,7-8H,1-3,6H2,(H,18,19,20). The zero-order chi connectivity index (χ0) is 15.2. The summed E-state index contributed by atoms with van der Waals surface area (Å²) in [6.45, 7) is 0. The lowest BCUT2D eigenvalue weighted by Crippen LogP contribution is -2.10. The van der Waals surface area contributed by atoms with Gasteiger partial charge in [0.05, 0.1) is 15.7 Å². The van der Waals surface area contributed by atoms with Crippen LogP contribution in [0.1, 0.15) is 19.3 Å². The van der Waals surface area contributed by atoms with Crippen molar-refractivity contribution in [1.82, 2.24) is 4.98 Å². The van der Waals surface area contributed by atoms with Crippen molar-refractivity contribution in [3.05, 3.63) is 33.6 Å². The molecule has 0 aliphatic heterocycles. The van der Waals surface area contributed by atoms with Gasteiger partial charge in [0.2, 0.25) is 5.91 Å². The third kappa shape index (κ3) is 4.95. The minimum absolute atomic E-state index is 0.00834. The summed E-state index contributed by atoms with van der Waals surface area (Å²) in [5.41, 5.74) is 1.65. The minimum Gasteiger partial charge on any atom is -0.302 e. The van der Waals surface area contributed by atoms with E-state index in [9.17, 15) is 4.79 Å². The molecule has 0 saturated heterocycles. The van der Waals surface area contributed by atoms with Crippen molar-refractivity contribution in [2.75, 3.05) is 10.6 Å². The molecule has 0 fully saturated rings. The predicted octanol–water partition coefficient (Wildman–Crippen LogP) is 5.62. The van der Waals surface area contributed by atoms with Crippen molar-refractivity contribution in [3.8, 4) is 11.3 Å². The second kappa shape index (κ2) is 8.13. The first-order chi connectivity index (χ1) is 10.1. The number of halogens is 3. The van der Waals surface area contributed by atoms with Crippen molar-refractivity contribution < 1.29 is 4.79 Å². The van der Waals surface area contributed by atoms with Gasteiger partial charge < -0.3 is 5.32 Å². The number of amides is 1. The number of anilines is 1. The van der Waals surface area contributed by atoms with Gasteiger partial charge in [0.25, 0.3) is 0 Å². The molecular weight excluding hydrogens is 395 g/mol. The number of rotatable bonds is 6. The maximum Gasteiger partial charge on any atom is 0.226 e. The van der Waals surface area contributed by atoms with E-state index >= 15 is 0 Å². The maximum absolute atomic E-state index is 11.7. The van der Waals surface area contributed by atoms with Gasteiger partial charge in [0, 0.05) is 22.7 Å². The normalized spacial score (nSPS) is 10.6. The highest BCUT2D eigenvalue weighted by Crippen LogP contribution is 2.30. The number of hydrogen-bond acceptors (Lipinski definition) is 3. The lowest BCUT2D eigenvalue weighted by Gasteiger charge is -2.01. The summed E-state index contributed by atoms with van der Waals surface area (Å²) >= 11 is 16.6. The maximum atomic E-state index is 11.7. The smallest absolute Gasteiger partial charge is 0.226 e. The summed E-state index contributed by atoms with van der Waals surface area (Å²) in [5, 5.41) is 7.21. The average Bonchev–Trinajstić information content (AvgIpc) is 2.90. The van der Waals surface area contributed by atoms with Gasteiger partial charge >= 0.3 is 0 Å². The molecule has 1 aromatic heterocycles. The summed E-state index contributed by atoms with van der Waals surface area (Å²) in [5.74, 6) is -0.00834. The Labute approximate surface area is 145 Å². The van der Waals surface area contributed by atoms with Gasteiger partial charge in [-0.3, -0.25) is 4.79 Å². The van der Waals surface area contributed by atoms with E-state index in [0.29, 0.717) is 21.6 Å². The lowest BCUT2D eigenvalue weighted by atomic mass is 10.2. The number of nitrogens with one attached hydrogen (secondary N) is 1. The number of thiazole rings is 1. The molecule has 7 heteroatoms. The average molecular weight is 408 g/mol. The lowest BCUT2D eigenvalue weighted by molar-refractivity contribution is -0.116. The predicted molar refractivity (Wildman–Crippen MR) is 93.8 cm³/mol. The Morgan fingerprint density at radius 3 is 2.81 bits per heavy atom. The number of hydrogen-bond donors (Lipinski definition) is 1. The molecule has 1 amide bonds. The summed E-state index contributed by atoms with van der Waals surface area (Å²) in [4.78, 5) is 16.1. The van der Waals surface area contributed by atoms with Crippen LogP contribution in [0.4, 0.5) is 5.13 Å². The fraction of sp³-hybridized carbons (Fsp3) is 0.286. The second-order valence-electron chi connectivity index (χ2n) is 4.36. The number of carbonyl (C=O) groups excluding carboxylic acids is 1. The number of nitrogens with zero attached hydrogens (tertiary/aromatic N) is 1. The highest BCUT2D eigenvalue weighted by atomic mass is 79.9. The van der Waals surface area contributed by atoms with Crippen LogP contribution in [0.2, 0.25) is 10.0 Å². The van der Waals surface area contributed by atoms with Gasteiger partial charge in [-0.05, 0) is 25.0 Å². The molecule has 3 nitrogen and oxygen atoms in total. The largest absolute Gasteiger partial charge is 0.302 e. The van der Waals surface area contributed by atoms with E-state index in [1.807, 2.05) is 11.4 Å². The van der Waals surface area contributed by atoms with Crippen LogP contribution in [0.25, 0.3) is 11.3 Å². The van der Waals surface area contributed by atoms with Crippen LogP contribution in [0.3, 0.4) is 0 Å². The zero-order valence-electron chi connectivity index (χ0n) is 11.0. The van der Waals surface area contributed by atoms with Crippen molar-refractivity contribution in [2.24, 2.45) is 0 Å². The molecule has 0 bridgehead atoms. The number of alkyl halides is 1. The van der Waals surface area contributed by atoms with Crippen LogP contribution in [-0.2, 0) is 4.79 Å². The first-order valence-corrected chi connectivity index (χ1v) is 9.12. The van der Waals surface area contributed by atoms with E-state index < -0.39 is 0 Å². The van der Waals surface area contributed by atoms with Crippen molar-refractivity contribution in [2.45, 2.75) is 19.3 Å². The quantitative estimate of drug-likeness (QED) is 0.498. The van der Waals surface area contributed by atoms with Crippen molar-refractivity contribution in [1.29, 1.82) is 0 Å². The molecule has 0 saturated carbocycles. The Bertz CT molecular complexity index is 633. The number of carbonyl (C=O) groups is 1. The number of benzene rings is 1. The molecule has 0 unspecified atom stereocenters. The van der Waals surface area contributed by atoms with E-state index in [4.69, 9.17) is 23.2 Å². The molecule has 0 aliphatic carbocycles. The molecule has 0 radical (unpaired) electrons. The van der Waals surface area contributed by atoms with E-state index in [1.54, 1.807) is 12.1 Å². The zero-order valence-corrected chi connectivity index (χ0v) is 14.9. The van der Waals surface area contributed by atoms with Crippen LogP contribution >= 0.6 is 50.5 Å². The Kier molecular flexibility index (Phi) is 6.48. The van der Waals surface area contributed by atoms with Crippen LogP contribution in [-0.4, -0.2) is 16.2 Å². The number of aromatic nitrogens is 1. The Hall–Kier alpha value is -0.620. The van der Waals surface area contributed by atoms with Crippen LogP contribution in [0.5, 0.6) is 0 Å². The Morgan fingerprint density at radius 2 is 2.10 bits per heavy atom. The Morgan fingerprint density at radius 1 is 1.29 bits per heavy atom. The molecule has 1 heterocycles. The molecule has 1 N–H and O–H groups in total. The first kappa shape index (κ1) is 16.7. The van der Waals surface area contributed by atoms with Crippen LogP contribution in [0.15, 0.2) is 23.6 Å². The van der Waals surface area contributed by atoms with Gasteiger partial charge in [-0.25, -0.2) is 4.98 Å². The van der Waals surface area contributed by atoms with E-state index in [0.717, 1.165) is 29.4 Å². The SMILES string of the molecule is O=C(CCCCBr)Nc1nc(-c2ccc(Cl)c(Cl)c2)cs1. The number of unbranched alkanes of at least 4 members (excludes halogenated alkanes) is 1. The molecule has 2 rings (SSSR count). The summed E-state index contributed by atoms with van der Waals surface area (Å²) in [6.07, 6.45) is 2.36. The fourth-order valence-corrected chi connectivity index (χ4v) is 3.11. The van der Waals surface area contributed by atoms with Gasteiger partial charge in [0.15, 0.2) is 5.13 Å². The van der Waals surface area contributed by atoms with E-state index in [-0.39, 0.29) is 5.91 Å². The molecule has 1 aromatic carbocycles.